The molecule has 0 aliphatic carbocycles. The van der Waals surface area contributed by atoms with E-state index in [9.17, 15) is 8.42 Å². The van der Waals surface area contributed by atoms with Gasteiger partial charge in [0, 0.05) is 17.8 Å². The van der Waals surface area contributed by atoms with Gasteiger partial charge in [0.25, 0.3) is 0 Å². The molecule has 1 atom stereocenters. The van der Waals surface area contributed by atoms with Gasteiger partial charge in [-0.05, 0) is 33.1 Å². The first-order valence-corrected chi connectivity index (χ1v) is 8.82. The van der Waals surface area contributed by atoms with Gasteiger partial charge in [0.05, 0.1) is 5.25 Å². The summed E-state index contributed by atoms with van der Waals surface area (Å²) in [6, 6.07) is 0. The summed E-state index contributed by atoms with van der Waals surface area (Å²) >= 11 is 1.74. The number of nitrogens with one attached hydrogen (secondary N) is 2. The Morgan fingerprint density at radius 2 is 1.82 bits per heavy atom. The van der Waals surface area contributed by atoms with Crippen molar-refractivity contribution in [3.05, 3.63) is 0 Å². The van der Waals surface area contributed by atoms with Crippen LogP contribution in [-0.2, 0) is 10.0 Å². The Morgan fingerprint density at radius 3 is 2.18 bits per heavy atom. The minimum Gasteiger partial charge on any atom is -0.318 e. The van der Waals surface area contributed by atoms with Gasteiger partial charge in [0.1, 0.15) is 0 Å². The van der Waals surface area contributed by atoms with Gasteiger partial charge in [0.15, 0.2) is 0 Å². The summed E-state index contributed by atoms with van der Waals surface area (Å²) in [5.41, 5.74) is 0. The van der Waals surface area contributed by atoms with Crippen LogP contribution >= 0.6 is 11.8 Å². The van der Waals surface area contributed by atoms with Crippen LogP contribution in [0, 0.1) is 0 Å². The van der Waals surface area contributed by atoms with Crippen LogP contribution in [-0.4, -0.2) is 44.8 Å². The molecule has 0 aliphatic rings. The minimum atomic E-state index is -3.21. The lowest BCUT2D eigenvalue weighted by atomic mass is 10.0. The van der Waals surface area contributed by atoms with Gasteiger partial charge in [0.2, 0.25) is 10.0 Å². The molecule has 0 aromatic rings. The Morgan fingerprint density at radius 1 is 1.29 bits per heavy atom. The van der Waals surface area contributed by atoms with Gasteiger partial charge in [-0.3, -0.25) is 0 Å². The molecule has 0 radical (unpaired) electrons. The number of hydrogen-bond acceptors (Lipinski definition) is 4. The SMILES string of the molecule is CCC(CC)(CNS(=O)(=O)C(C)CNC)SC. The predicted octanol–water partition coefficient (Wildman–Crippen LogP) is 1.44. The zero-order valence-corrected chi connectivity index (χ0v) is 13.2. The summed E-state index contributed by atoms with van der Waals surface area (Å²) in [5.74, 6) is 0. The Kier molecular flexibility index (Phi) is 7.71. The van der Waals surface area contributed by atoms with Gasteiger partial charge in [-0.15, -0.1) is 0 Å². The molecule has 0 saturated carbocycles. The molecule has 0 amide bonds. The average Bonchev–Trinajstić information content (AvgIpc) is 2.32. The van der Waals surface area contributed by atoms with Crippen LogP contribution in [0.3, 0.4) is 0 Å². The third-order valence-corrected chi connectivity index (χ3v) is 6.70. The van der Waals surface area contributed by atoms with E-state index in [1.807, 2.05) is 6.26 Å². The highest BCUT2D eigenvalue weighted by Gasteiger charge is 2.28. The van der Waals surface area contributed by atoms with Crippen LogP contribution in [0.4, 0.5) is 0 Å². The van der Waals surface area contributed by atoms with E-state index in [-0.39, 0.29) is 4.75 Å². The Bertz CT molecular complexity index is 292. The fraction of sp³-hybridized carbons (Fsp3) is 1.00. The minimum absolute atomic E-state index is 0.0203. The number of hydrogen-bond donors (Lipinski definition) is 2. The number of rotatable bonds is 9. The van der Waals surface area contributed by atoms with E-state index in [4.69, 9.17) is 0 Å². The van der Waals surface area contributed by atoms with Gasteiger partial charge >= 0.3 is 0 Å². The molecule has 104 valence electrons. The summed E-state index contributed by atoms with van der Waals surface area (Å²) in [5, 5.41) is 2.49. The van der Waals surface area contributed by atoms with Crippen molar-refractivity contribution in [1.29, 1.82) is 0 Å². The molecule has 0 heterocycles. The fourth-order valence-electron chi connectivity index (χ4n) is 1.63. The highest BCUT2D eigenvalue weighted by Crippen LogP contribution is 2.29. The monoisotopic (exact) mass is 282 g/mol. The van der Waals surface area contributed by atoms with Crippen molar-refractivity contribution in [2.75, 3.05) is 26.4 Å². The highest BCUT2D eigenvalue weighted by molar-refractivity contribution is 8.00. The first-order chi connectivity index (χ1) is 7.87. The van der Waals surface area contributed by atoms with E-state index in [0.29, 0.717) is 13.1 Å². The Labute approximate surface area is 110 Å². The molecule has 4 nitrogen and oxygen atoms in total. The van der Waals surface area contributed by atoms with E-state index in [0.717, 1.165) is 12.8 Å². The predicted molar refractivity (Wildman–Crippen MR) is 77.1 cm³/mol. The largest absolute Gasteiger partial charge is 0.318 e. The molecular weight excluding hydrogens is 256 g/mol. The van der Waals surface area contributed by atoms with Crippen molar-refractivity contribution >= 4 is 21.8 Å². The van der Waals surface area contributed by atoms with E-state index in [2.05, 4.69) is 23.9 Å². The van der Waals surface area contributed by atoms with Crippen LogP contribution in [0.1, 0.15) is 33.6 Å². The molecule has 0 aliphatic heterocycles. The molecule has 0 saturated heterocycles. The van der Waals surface area contributed by atoms with Crippen LogP contribution in [0.5, 0.6) is 0 Å². The van der Waals surface area contributed by atoms with Crippen LogP contribution in [0.15, 0.2) is 0 Å². The molecule has 17 heavy (non-hydrogen) atoms. The lowest BCUT2D eigenvalue weighted by Gasteiger charge is -2.30. The summed E-state index contributed by atoms with van der Waals surface area (Å²) in [7, 11) is -1.45. The van der Waals surface area contributed by atoms with E-state index < -0.39 is 15.3 Å². The molecule has 6 heteroatoms. The molecule has 0 bridgehead atoms. The average molecular weight is 282 g/mol. The molecule has 2 N–H and O–H groups in total. The smallest absolute Gasteiger partial charge is 0.215 e. The maximum absolute atomic E-state index is 12.0. The molecule has 0 fully saturated rings. The van der Waals surface area contributed by atoms with Crippen molar-refractivity contribution in [2.45, 2.75) is 43.6 Å². The second-order valence-electron chi connectivity index (χ2n) is 4.33. The molecule has 0 spiro atoms. The first-order valence-electron chi connectivity index (χ1n) is 6.05. The second kappa shape index (κ2) is 7.61. The molecular formula is C11H26N2O2S2. The van der Waals surface area contributed by atoms with Gasteiger partial charge in [-0.25, -0.2) is 13.1 Å². The van der Waals surface area contributed by atoms with Crippen molar-refractivity contribution in [3.8, 4) is 0 Å². The molecule has 1 unspecified atom stereocenters. The maximum atomic E-state index is 12.0. The number of sulfonamides is 1. The Hall–Kier alpha value is 0.220. The van der Waals surface area contributed by atoms with Crippen LogP contribution in [0.2, 0.25) is 0 Å². The quantitative estimate of drug-likeness (QED) is 0.672. The van der Waals surface area contributed by atoms with Crippen LogP contribution in [0.25, 0.3) is 0 Å². The summed E-state index contributed by atoms with van der Waals surface area (Å²) < 4.78 is 26.7. The first kappa shape index (κ1) is 17.2. The summed E-state index contributed by atoms with van der Waals surface area (Å²) in [6.45, 7) is 6.91. The highest BCUT2D eigenvalue weighted by atomic mass is 32.2. The van der Waals surface area contributed by atoms with Gasteiger partial charge in [-0.1, -0.05) is 13.8 Å². The third-order valence-electron chi connectivity index (χ3n) is 3.34. The van der Waals surface area contributed by atoms with Crippen LogP contribution < -0.4 is 10.0 Å². The van der Waals surface area contributed by atoms with E-state index >= 15 is 0 Å². The van der Waals surface area contributed by atoms with Gasteiger partial charge < -0.3 is 5.32 Å². The van der Waals surface area contributed by atoms with Crippen molar-refractivity contribution < 1.29 is 8.42 Å². The standard InChI is InChI=1S/C11H26N2O2S2/c1-6-11(7-2,16-5)9-13-17(14,15)10(3)8-12-4/h10,12-13H,6-9H2,1-5H3. The van der Waals surface area contributed by atoms with Crippen molar-refractivity contribution in [3.63, 3.8) is 0 Å². The molecule has 0 aromatic carbocycles. The summed E-state index contributed by atoms with van der Waals surface area (Å²) in [6.07, 6.45) is 3.97. The number of thioether (sulfide) groups is 1. The molecule has 0 aromatic heterocycles. The molecule has 0 rings (SSSR count). The van der Waals surface area contributed by atoms with Crippen molar-refractivity contribution in [1.82, 2.24) is 10.0 Å². The lowest BCUT2D eigenvalue weighted by molar-refractivity contribution is 0.515. The van der Waals surface area contributed by atoms with E-state index in [1.165, 1.54) is 0 Å². The normalized spacial score (nSPS) is 14.9. The second-order valence-corrected chi connectivity index (χ2v) is 7.79. The zero-order chi connectivity index (χ0) is 13.5. The third kappa shape index (κ3) is 5.16. The van der Waals surface area contributed by atoms with Gasteiger partial charge in [-0.2, -0.15) is 11.8 Å². The Balaban J connectivity index is 4.53. The summed E-state index contributed by atoms with van der Waals surface area (Å²) in [4.78, 5) is 0. The zero-order valence-electron chi connectivity index (χ0n) is 11.5. The topological polar surface area (TPSA) is 58.2 Å². The van der Waals surface area contributed by atoms with E-state index in [1.54, 1.807) is 25.7 Å². The lowest BCUT2D eigenvalue weighted by Crippen LogP contribution is -2.44. The fourth-order valence-corrected chi connectivity index (χ4v) is 3.67. The maximum Gasteiger partial charge on any atom is 0.215 e. The van der Waals surface area contributed by atoms with Crippen molar-refractivity contribution in [2.24, 2.45) is 0 Å².